The first-order chi connectivity index (χ1) is 13.7. The van der Waals surface area contributed by atoms with Crippen molar-refractivity contribution in [3.63, 3.8) is 0 Å². The molecule has 1 aromatic carbocycles. The van der Waals surface area contributed by atoms with Gasteiger partial charge in [-0.15, -0.1) is 0 Å². The third kappa shape index (κ3) is 4.11. The third-order valence-corrected chi connectivity index (χ3v) is 7.60. The minimum absolute atomic E-state index is 0.0277. The van der Waals surface area contributed by atoms with Crippen LogP contribution >= 0.6 is 23.5 Å². The number of carbonyl (C=O) groups is 1. The molecule has 2 fully saturated rings. The number of aromatic nitrogens is 2. The Balaban J connectivity index is 1.41. The molecular formula is C21H28N4OS2. The predicted octanol–water partition coefficient (Wildman–Crippen LogP) is 3.69. The molecule has 1 aliphatic carbocycles. The van der Waals surface area contributed by atoms with E-state index in [9.17, 15) is 4.79 Å². The molecule has 1 amide bonds. The van der Waals surface area contributed by atoms with E-state index in [2.05, 4.69) is 15.2 Å². The fourth-order valence-corrected chi connectivity index (χ4v) is 5.87. The number of carbonyl (C=O) groups excluding carboxylic acids is 1. The molecule has 0 spiro atoms. The predicted molar refractivity (Wildman–Crippen MR) is 118 cm³/mol. The average molecular weight is 417 g/mol. The Morgan fingerprint density at radius 3 is 2.61 bits per heavy atom. The molecule has 28 heavy (non-hydrogen) atoms. The lowest BCUT2D eigenvalue weighted by atomic mass is 9.94. The van der Waals surface area contributed by atoms with Gasteiger partial charge in [0.15, 0.2) is 5.16 Å². The lowest BCUT2D eigenvalue weighted by Crippen LogP contribution is -2.56. The molecule has 2 aliphatic rings. The monoisotopic (exact) mass is 416 g/mol. The third-order valence-electron chi connectivity index (χ3n) is 5.99. The molecule has 150 valence electrons. The van der Waals surface area contributed by atoms with Crippen LogP contribution in [-0.2, 0) is 0 Å². The van der Waals surface area contributed by atoms with E-state index in [0.29, 0.717) is 0 Å². The maximum absolute atomic E-state index is 12.8. The second-order valence-electron chi connectivity index (χ2n) is 7.54. The van der Waals surface area contributed by atoms with Crippen molar-refractivity contribution in [3.8, 4) is 5.69 Å². The minimum atomic E-state index is 0.0277. The number of benzene rings is 1. The van der Waals surface area contributed by atoms with Crippen molar-refractivity contribution in [1.29, 1.82) is 0 Å². The summed E-state index contributed by atoms with van der Waals surface area (Å²) in [5.41, 5.74) is 1.91. The van der Waals surface area contributed by atoms with Crippen molar-refractivity contribution in [2.24, 2.45) is 0 Å². The molecule has 1 saturated heterocycles. The van der Waals surface area contributed by atoms with E-state index in [1.54, 1.807) is 18.0 Å². The maximum Gasteiger partial charge on any atom is 0.251 e. The van der Waals surface area contributed by atoms with E-state index in [1.807, 2.05) is 53.0 Å². The number of hydrogen-bond donors (Lipinski definition) is 1. The molecule has 4 rings (SSSR count). The van der Waals surface area contributed by atoms with Gasteiger partial charge in [0, 0.05) is 60.3 Å². The molecule has 2 heterocycles. The van der Waals surface area contributed by atoms with E-state index in [0.717, 1.165) is 36.0 Å². The highest BCUT2D eigenvalue weighted by atomic mass is 32.2. The number of rotatable bonds is 6. The van der Waals surface area contributed by atoms with Gasteiger partial charge in [0.2, 0.25) is 0 Å². The Bertz CT molecular complexity index is 793. The fraction of sp³-hybridized carbons (Fsp3) is 0.524. The first-order valence-electron chi connectivity index (χ1n) is 10.0. The molecule has 1 saturated carbocycles. The van der Waals surface area contributed by atoms with Crippen LogP contribution in [0.15, 0.2) is 41.8 Å². The van der Waals surface area contributed by atoms with Gasteiger partial charge >= 0.3 is 0 Å². The van der Waals surface area contributed by atoms with Crippen LogP contribution in [0.1, 0.15) is 36.0 Å². The summed E-state index contributed by atoms with van der Waals surface area (Å²) in [5, 5.41) is 4.19. The number of hydrogen-bond acceptors (Lipinski definition) is 5. The van der Waals surface area contributed by atoms with Crippen LogP contribution in [0.2, 0.25) is 0 Å². The van der Waals surface area contributed by atoms with E-state index in [4.69, 9.17) is 0 Å². The van der Waals surface area contributed by atoms with Gasteiger partial charge in [-0.25, -0.2) is 4.98 Å². The first kappa shape index (κ1) is 19.9. The molecule has 1 N–H and O–H groups in total. The summed E-state index contributed by atoms with van der Waals surface area (Å²) in [6.07, 6.45) is 10.7. The van der Waals surface area contributed by atoms with Crippen molar-refractivity contribution < 1.29 is 4.79 Å². The molecule has 5 nitrogen and oxygen atoms in total. The zero-order chi connectivity index (χ0) is 19.4. The van der Waals surface area contributed by atoms with Crippen LogP contribution < -0.4 is 5.32 Å². The van der Waals surface area contributed by atoms with Crippen LogP contribution in [0, 0.1) is 0 Å². The van der Waals surface area contributed by atoms with Crippen molar-refractivity contribution in [3.05, 3.63) is 42.2 Å². The lowest BCUT2D eigenvalue weighted by molar-refractivity contribution is 0.0817. The Kier molecular flexibility index (Phi) is 6.33. The lowest BCUT2D eigenvalue weighted by Gasteiger charge is -2.43. The highest BCUT2D eigenvalue weighted by Crippen LogP contribution is 2.36. The summed E-state index contributed by atoms with van der Waals surface area (Å²) >= 11 is 3.65. The quantitative estimate of drug-likeness (QED) is 0.728. The van der Waals surface area contributed by atoms with Gasteiger partial charge < -0.3 is 5.32 Å². The van der Waals surface area contributed by atoms with Gasteiger partial charge in [0.05, 0.1) is 0 Å². The van der Waals surface area contributed by atoms with Gasteiger partial charge in [-0.2, -0.15) is 11.8 Å². The molecule has 0 bridgehead atoms. The van der Waals surface area contributed by atoms with Crippen LogP contribution in [0.3, 0.4) is 0 Å². The second kappa shape index (κ2) is 8.93. The van der Waals surface area contributed by atoms with Crippen molar-refractivity contribution in [1.82, 2.24) is 19.8 Å². The highest BCUT2D eigenvalue weighted by molar-refractivity contribution is 7.99. The summed E-state index contributed by atoms with van der Waals surface area (Å²) in [7, 11) is 0. The molecule has 0 unspecified atom stereocenters. The van der Waals surface area contributed by atoms with E-state index in [1.165, 1.54) is 37.2 Å². The smallest absolute Gasteiger partial charge is 0.251 e. The normalized spacial score (nSPS) is 19.6. The number of amides is 1. The average Bonchev–Trinajstić information content (AvgIpc) is 3.43. The minimum Gasteiger partial charge on any atom is -0.350 e. The van der Waals surface area contributed by atoms with Gasteiger partial charge in [-0.1, -0.05) is 24.6 Å². The Labute approximate surface area is 175 Å². The molecule has 7 heteroatoms. The van der Waals surface area contributed by atoms with E-state index >= 15 is 0 Å². The SMILES string of the molecule is CSc1nccn1-c1ccc(C(=O)NCC2(N3CCSCC3)CCCC2)cc1. The van der Waals surface area contributed by atoms with Crippen LogP contribution in [-0.4, -0.2) is 63.3 Å². The zero-order valence-corrected chi connectivity index (χ0v) is 18.0. The number of nitrogens with zero attached hydrogens (tertiary/aromatic N) is 3. The van der Waals surface area contributed by atoms with Crippen LogP contribution in [0.25, 0.3) is 5.69 Å². The maximum atomic E-state index is 12.8. The standard InChI is InChI=1S/C21H28N4OS2/c1-27-20-22-10-11-25(20)18-6-4-17(5-7-18)19(26)23-16-21(8-2-3-9-21)24-12-14-28-15-13-24/h4-7,10-11H,2-3,8-9,12-16H2,1H3,(H,23,26). The number of nitrogens with one attached hydrogen (secondary N) is 1. The first-order valence-corrected chi connectivity index (χ1v) is 12.4. The van der Waals surface area contributed by atoms with E-state index in [-0.39, 0.29) is 11.4 Å². The summed E-state index contributed by atoms with van der Waals surface area (Å²) in [6.45, 7) is 3.06. The topological polar surface area (TPSA) is 50.2 Å². The number of imidazole rings is 1. The number of thioether (sulfide) groups is 2. The van der Waals surface area contributed by atoms with Crippen molar-refractivity contribution in [2.75, 3.05) is 37.4 Å². The molecule has 0 radical (unpaired) electrons. The second-order valence-corrected chi connectivity index (χ2v) is 9.54. The van der Waals surface area contributed by atoms with Gasteiger partial charge in [-0.05, 0) is 43.4 Å². The largest absolute Gasteiger partial charge is 0.350 e. The van der Waals surface area contributed by atoms with Crippen LogP contribution in [0.5, 0.6) is 0 Å². The summed E-state index contributed by atoms with van der Waals surface area (Å²) in [4.78, 5) is 19.8. The van der Waals surface area contributed by atoms with Gasteiger partial charge in [0.25, 0.3) is 5.91 Å². The summed E-state index contributed by atoms with van der Waals surface area (Å²) < 4.78 is 2.04. The molecule has 1 aromatic heterocycles. The van der Waals surface area contributed by atoms with Crippen molar-refractivity contribution >= 4 is 29.4 Å². The zero-order valence-electron chi connectivity index (χ0n) is 16.4. The highest BCUT2D eigenvalue weighted by Gasteiger charge is 2.40. The van der Waals surface area contributed by atoms with Gasteiger partial charge in [0.1, 0.15) is 0 Å². The molecule has 2 aromatic rings. The van der Waals surface area contributed by atoms with Crippen LogP contribution in [0.4, 0.5) is 0 Å². The molecule has 1 aliphatic heterocycles. The molecular weight excluding hydrogens is 388 g/mol. The fourth-order valence-electron chi connectivity index (χ4n) is 4.43. The Morgan fingerprint density at radius 2 is 1.93 bits per heavy atom. The Morgan fingerprint density at radius 1 is 1.21 bits per heavy atom. The molecule has 0 atom stereocenters. The summed E-state index contributed by atoms with van der Waals surface area (Å²) in [5.74, 6) is 2.45. The summed E-state index contributed by atoms with van der Waals surface area (Å²) in [6, 6.07) is 7.80. The van der Waals surface area contributed by atoms with Crippen molar-refractivity contribution in [2.45, 2.75) is 36.4 Å². The van der Waals surface area contributed by atoms with E-state index < -0.39 is 0 Å². The van der Waals surface area contributed by atoms with Gasteiger partial charge in [-0.3, -0.25) is 14.3 Å². The Hall–Kier alpha value is -1.44.